The van der Waals surface area contributed by atoms with Crippen molar-refractivity contribution < 1.29 is 9.32 Å². The second-order valence-corrected chi connectivity index (χ2v) is 5.42. The SMILES string of the molecule is C=C(C)CNC(=NCc1c(C)noc1C)NCC(=O)N(C)C. The average Bonchev–Trinajstić information content (AvgIpc) is 2.76. The van der Waals surface area contributed by atoms with Crippen molar-refractivity contribution in [2.45, 2.75) is 27.3 Å². The first-order valence-electron chi connectivity index (χ1n) is 7.09. The van der Waals surface area contributed by atoms with E-state index in [-0.39, 0.29) is 12.5 Å². The van der Waals surface area contributed by atoms with Crippen LogP contribution in [0.15, 0.2) is 21.7 Å². The van der Waals surface area contributed by atoms with Crippen molar-refractivity contribution in [3.05, 3.63) is 29.2 Å². The number of aryl methyl sites for hydroxylation is 2. The molecule has 0 saturated carbocycles. The highest BCUT2D eigenvalue weighted by molar-refractivity contribution is 5.86. The van der Waals surface area contributed by atoms with Gasteiger partial charge >= 0.3 is 0 Å². The molecule has 1 aromatic rings. The van der Waals surface area contributed by atoms with Gasteiger partial charge in [-0.3, -0.25) is 4.79 Å². The van der Waals surface area contributed by atoms with E-state index >= 15 is 0 Å². The highest BCUT2D eigenvalue weighted by Crippen LogP contribution is 2.12. The fourth-order valence-electron chi connectivity index (χ4n) is 1.61. The molecular formula is C15H25N5O2. The first-order chi connectivity index (χ1) is 10.3. The van der Waals surface area contributed by atoms with E-state index in [1.165, 1.54) is 4.90 Å². The molecule has 0 aliphatic heterocycles. The Hall–Kier alpha value is -2.31. The molecule has 1 heterocycles. The summed E-state index contributed by atoms with van der Waals surface area (Å²) < 4.78 is 5.12. The molecule has 1 amide bonds. The molecule has 122 valence electrons. The lowest BCUT2D eigenvalue weighted by Gasteiger charge is -2.15. The molecule has 1 rings (SSSR count). The molecule has 7 nitrogen and oxygen atoms in total. The molecule has 0 radical (unpaired) electrons. The maximum atomic E-state index is 11.7. The number of aromatic nitrogens is 1. The molecule has 0 atom stereocenters. The van der Waals surface area contributed by atoms with E-state index in [9.17, 15) is 4.79 Å². The van der Waals surface area contributed by atoms with Gasteiger partial charge in [-0.15, -0.1) is 0 Å². The van der Waals surface area contributed by atoms with Gasteiger partial charge < -0.3 is 20.1 Å². The quantitative estimate of drug-likeness (QED) is 0.465. The summed E-state index contributed by atoms with van der Waals surface area (Å²) in [5.74, 6) is 1.28. The fraction of sp³-hybridized carbons (Fsp3) is 0.533. The molecule has 0 aromatic carbocycles. The second kappa shape index (κ2) is 8.21. The summed E-state index contributed by atoms with van der Waals surface area (Å²) in [6.45, 7) is 10.7. The summed E-state index contributed by atoms with van der Waals surface area (Å²) in [5, 5.41) is 10.1. The maximum Gasteiger partial charge on any atom is 0.241 e. The summed E-state index contributed by atoms with van der Waals surface area (Å²) in [6, 6.07) is 0. The van der Waals surface area contributed by atoms with Gasteiger partial charge in [-0.05, 0) is 20.8 Å². The van der Waals surface area contributed by atoms with Crippen molar-refractivity contribution in [2.75, 3.05) is 27.2 Å². The average molecular weight is 307 g/mol. The largest absolute Gasteiger partial charge is 0.361 e. The van der Waals surface area contributed by atoms with Crippen molar-refractivity contribution in [1.29, 1.82) is 0 Å². The zero-order valence-corrected chi connectivity index (χ0v) is 14.0. The monoisotopic (exact) mass is 307 g/mol. The first-order valence-corrected chi connectivity index (χ1v) is 7.09. The Morgan fingerprint density at radius 2 is 1.95 bits per heavy atom. The minimum absolute atomic E-state index is 0.0258. The summed E-state index contributed by atoms with van der Waals surface area (Å²) in [6.07, 6.45) is 0. The predicted molar refractivity (Wildman–Crippen MR) is 86.6 cm³/mol. The predicted octanol–water partition coefficient (Wildman–Crippen LogP) is 0.991. The van der Waals surface area contributed by atoms with Crippen LogP contribution >= 0.6 is 0 Å². The van der Waals surface area contributed by atoms with Gasteiger partial charge in [0.05, 0.1) is 18.8 Å². The van der Waals surface area contributed by atoms with Crippen molar-refractivity contribution in [1.82, 2.24) is 20.7 Å². The van der Waals surface area contributed by atoms with Crippen LogP contribution in [-0.2, 0) is 11.3 Å². The van der Waals surface area contributed by atoms with Gasteiger partial charge in [-0.1, -0.05) is 17.3 Å². The molecule has 0 aliphatic rings. The molecule has 1 aromatic heterocycles. The Kier molecular flexibility index (Phi) is 6.62. The molecule has 7 heteroatoms. The number of likely N-dealkylation sites (N-methyl/N-ethyl adjacent to an activating group) is 1. The smallest absolute Gasteiger partial charge is 0.241 e. The fourth-order valence-corrected chi connectivity index (χ4v) is 1.61. The Bertz CT molecular complexity index is 541. The number of hydrogen-bond donors (Lipinski definition) is 2. The lowest BCUT2D eigenvalue weighted by atomic mass is 10.2. The molecular weight excluding hydrogens is 282 g/mol. The number of hydrogen-bond acceptors (Lipinski definition) is 4. The maximum absolute atomic E-state index is 11.7. The number of rotatable bonds is 6. The lowest BCUT2D eigenvalue weighted by molar-refractivity contribution is -0.127. The summed E-state index contributed by atoms with van der Waals surface area (Å²) in [4.78, 5) is 17.7. The second-order valence-electron chi connectivity index (χ2n) is 5.42. The number of nitrogens with one attached hydrogen (secondary N) is 2. The van der Waals surface area contributed by atoms with Gasteiger partial charge in [0, 0.05) is 26.2 Å². The number of guanidine groups is 1. The molecule has 2 N–H and O–H groups in total. The van der Waals surface area contributed by atoms with Crippen LogP contribution in [0, 0.1) is 13.8 Å². The zero-order valence-electron chi connectivity index (χ0n) is 14.0. The Morgan fingerprint density at radius 3 is 2.45 bits per heavy atom. The Balaban J connectivity index is 2.73. The van der Waals surface area contributed by atoms with E-state index in [0.717, 1.165) is 22.6 Å². The van der Waals surface area contributed by atoms with Gasteiger partial charge in [0.25, 0.3) is 0 Å². The summed E-state index contributed by atoms with van der Waals surface area (Å²) >= 11 is 0. The lowest BCUT2D eigenvalue weighted by Crippen LogP contribution is -2.43. The van der Waals surface area contributed by atoms with E-state index in [1.807, 2.05) is 20.8 Å². The van der Waals surface area contributed by atoms with Crippen LogP contribution < -0.4 is 10.6 Å². The third-order valence-electron chi connectivity index (χ3n) is 3.04. The van der Waals surface area contributed by atoms with E-state index in [2.05, 4.69) is 27.4 Å². The van der Waals surface area contributed by atoms with Crippen molar-refractivity contribution in [2.24, 2.45) is 4.99 Å². The number of amides is 1. The van der Waals surface area contributed by atoms with E-state index < -0.39 is 0 Å². The summed E-state index contributed by atoms with van der Waals surface area (Å²) in [7, 11) is 3.43. The van der Waals surface area contributed by atoms with E-state index in [1.54, 1.807) is 14.1 Å². The van der Waals surface area contributed by atoms with Crippen molar-refractivity contribution in [3.8, 4) is 0 Å². The van der Waals surface area contributed by atoms with Crippen LogP contribution in [0.5, 0.6) is 0 Å². The third kappa shape index (κ3) is 5.59. The van der Waals surface area contributed by atoms with Gasteiger partial charge in [-0.2, -0.15) is 0 Å². The van der Waals surface area contributed by atoms with Crippen molar-refractivity contribution in [3.63, 3.8) is 0 Å². The molecule has 0 bridgehead atoms. The van der Waals surface area contributed by atoms with Gasteiger partial charge in [-0.25, -0.2) is 4.99 Å². The summed E-state index contributed by atoms with van der Waals surface area (Å²) in [5.41, 5.74) is 2.76. The highest BCUT2D eigenvalue weighted by atomic mass is 16.5. The van der Waals surface area contributed by atoms with Gasteiger partial charge in [0.2, 0.25) is 5.91 Å². The standard InChI is InChI=1S/C15H25N5O2/c1-10(2)7-16-15(18-9-14(21)20(5)6)17-8-13-11(3)19-22-12(13)4/h1,7-9H2,2-6H3,(H2,16,17,18). The molecule has 22 heavy (non-hydrogen) atoms. The molecule has 0 unspecified atom stereocenters. The third-order valence-corrected chi connectivity index (χ3v) is 3.04. The number of carbonyl (C=O) groups excluding carboxylic acids is 1. The van der Waals surface area contributed by atoms with Gasteiger partial charge in [0.15, 0.2) is 5.96 Å². The van der Waals surface area contributed by atoms with Crippen LogP contribution in [0.25, 0.3) is 0 Å². The Morgan fingerprint density at radius 1 is 1.32 bits per heavy atom. The number of aliphatic imine (C=N–C) groups is 1. The minimum Gasteiger partial charge on any atom is -0.361 e. The Labute approximate surface area is 131 Å². The molecule has 0 saturated heterocycles. The number of nitrogens with zero attached hydrogens (tertiary/aromatic N) is 3. The molecule has 0 spiro atoms. The van der Waals surface area contributed by atoms with Crippen LogP contribution in [0.1, 0.15) is 23.9 Å². The first kappa shape index (κ1) is 17.7. The van der Waals surface area contributed by atoms with Crippen LogP contribution in [0.2, 0.25) is 0 Å². The van der Waals surface area contributed by atoms with Crippen LogP contribution in [0.4, 0.5) is 0 Å². The normalized spacial score (nSPS) is 11.2. The minimum atomic E-state index is -0.0258. The highest BCUT2D eigenvalue weighted by Gasteiger charge is 2.10. The van der Waals surface area contributed by atoms with Gasteiger partial charge in [0.1, 0.15) is 5.76 Å². The number of carbonyl (C=O) groups is 1. The zero-order chi connectivity index (χ0) is 16.7. The molecule has 0 aliphatic carbocycles. The van der Waals surface area contributed by atoms with E-state index in [0.29, 0.717) is 19.0 Å². The topological polar surface area (TPSA) is 82.8 Å². The van der Waals surface area contributed by atoms with Crippen LogP contribution in [-0.4, -0.2) is 49.1 Å². The van der Waals surface area contributed by atoms with E-state index in [4.69, 9.17) is 4.52 Å². The van der Waals surface area contributed by atoms with Crippen LogP contribution in [0.3, 0.4) is 0 Å². The molecule has 0 fully saturated rings. The van der Waals surface area contributed by atoms with Crippen molar-refractivity contribution >= 4 is 11.9 Å².